The smallest absolute Gasteiger partial charge is 0.0975 e. The van der Waals surface area contributed by atoms with E-state index in [0.29, 0.717) is 24.7 Å². The zero-order chi connectivity index (χ0) is 14.2. The molecule has 2 fully saturated rings. The second-order valence-electron chi connectivity index (χ2n) is 4.73. The third-order valence-corrected chi connectivity index (χ3v) is 5.14. The molecule has 0 aromatic carbocycles. The first-order valence-corrected chi connectivity index (χ1v) is 8.99. The summed E-state index contributed by atoms with van der Waals surface area (Å²) in [5, 5.41) is -0.582. The van der Waals surface area contributed by atoms with E-state index in [0.717, 1.165) is 12.8 Å². The lowest BCUT2D eigenvalue weighted by molar-refractivity contribution is 0.170. The van der Waals surface area contributed by atoms with Crippen LogP contribution in [0, 0.1) is 11.8 Å². The van der Waals surface area contributed by atoms with E-state index in [9.17, 15) is 13.0 Å². The fraction of sp³-hybridized carbons (Fsp3) is 1.00. The second-order valence-corrected chi connectivity index (χ2v) is 6.38. The molecule has 2 aliphatic rings. The molecule has 18 heavy (non-hydrogen) atoms. The summed E-state index contributed by atoms with van der Waals surface area (Å²) in [6, 6.07) is 0. The maximum absolute atomic E-state index is 10.9. The van der Waals surface area contributed by atoms with E-state index >= 15 is 0 Å². The average molecular weight is 277 g/mol. The molecule has 3 atom stereocenters. The summed E-state index contributed by atoms with van der Waals surface area (Å²) in [6.07, 6.45) is 7.08. The fourth-order valence-electron chi connectivity index (χ4n) is 3.09. The standard InChI is InChI=1S/C10H18O3S.2C2H6/c11-14(12,13)10-6-5-8-3-1-2-4-9(8)7-10;2*1-2/h8-10H,1-7H2,(H,11,12,13);2*1-2H3/p-1. The molecule has 0 radical (unpaired) electrons. The van der Waals surface area contributed by atoms with Crippen molar-refractivity contribution in [2.75, 3.05) is 0 Å². The van der Waals surface area contributed by atoms with Gasteiger partial charge in [0, 0.05) is 5.25 Å². The molecule has 0 bridgehead atoms. The minimum absolute atomic E-state index is 0.520. The molecule has 0 aromatic rings. The molecule has 3 unspecified atom stereocenters. The zero-order valence-corrected chi connectivity index (χ0v) is 13.1. The van der Waals surface area contributed by atoms with Crippen LogP contribution in [0.3, 0.4) is 0 Å². The summed E-state index contributed by atoms with van der Waals surface area (Å²) in [4.78, 5) is 0. The monoisotopic (exact) mass is 277 g/mol. The normalized spacial score (nSPS) is 31.1. The van der Waals surface area contributed by atoms with Crippen LogP contribution in [0.25, 0.3) is 0 Å². The molecule has 0 N–H and O–H groups in total. The van der Waals surface area contributed by atoms with Crippen molar-refractivity contribution in [2.24, 2.45) is 11.8 Å². The maximum Gasteiger partial charge on any atom is 0.0975 e. The van der Waals surface area contributed by atoms with Gasteiger partial charge in [0.2, 0.25) is 0 Å². The van der Waals surface area contributed by atoms with Crippen LogP contribution in [0.4, 0.5) is 0 Å². The molecule has 2 aliphatic carbocycles. The first kappa shape index (κ1) is 17.9. The Morgan fingerprint density at radius 2 is 1.33 bits per heavy atom. The summed E-state index contributed by atoms with van der Waals surface area (Å²) in [5.41, 5.74) is 0. The van der Waals surface area contributed by atoms with Crippen molar-refractivity contribution in [1.29, 1.82) is 0 Å². The molecule has 0 saturated heterocycles. The molecule has 0 heterocycles. The average Bonchev–Trinajstić information content (AvgIpc) is 2.42. The maximum atomic E-state index is 10.9. The Bertz CT molecular complexity index is 298. The Hall–Kier alpha value is -0.0900. The van der Waals surface area contributed by atoms with E-state index in [1.54, 1.807) is 0 Å². The predicted molar refractivity (Wildman–Crippen MR) is 75.5 cm³/mol. The summed E-state index contributed by atoms with van der Waals surface area (Å²) >= 11 is 0. The van der Waals surface area contributed by atoms with Gasteiger partial charge >= 0.3 is 0 Å². The van der Waals surface area contributed by atoms with E-state index in [1.165, 1.54) is 19.3 Å². The topological polar surface area (TPSA) is 57.2 Å². The molecule has 0 amide bonds. The van der Waals surface area contributed by atoms with Crippen LogP contribution in [0.1, 0.15) is 72.6 Å². The van der Waals surface area contributed by atoms with E-state index in [4.69, 9.17) is 0 Å². The van der Waals surface area contributed by atoms with Gasteiger partial charge in [-0.15, -0.1) is 0 Å². The van der Waals surface area contributed by atoms with Gasteiger partial charge < -0.3 is 4.55 Å². The van der Waals surface area contributed by atoms with Crippen LogP contribution >= 0.6 is 0 Å². The van der Waals surface area contributed by atoms with E-state index in [1.807, 2.05) is 27.7 Å². The molecular weight excluding hydrogens is 248 g/mol. The van der Waals surface area contributed by atoms with Gasteiger partial charge in [0.15, 0.2) is 0 Å². The third kappa shape index (κ3) is 5.27. The minimum atomic E-state index is -4.03. The SMILES string of the molecule is CC.CC.O=S(=O)([O-])C1CCC2CCCCC2C1. The van der Waals surface area contributed by atoms with E-state index in [2.05, 4.69) is 0 Å². The number of rotatable bonds is 1. The van der Waals surface area contributed by atoms with Crippen molar-refractivity contribution in [2.45, 2.75) is 77.9 Å². The highest BCUT2D eigenvalue weighted by Crippen LogP contribution is 2.41. The summed E-state index contributed by atoms with van der Waals surface area (Å²) in [5.74, 6) is 1.23. The van der Waals surface area contributed by atoms with Gasteiger partial charge in [-0.05, 0) is 31.1 Å². The molecule has 2 rings (SSSR count). The predicted octanol–water partition coefficient (Wildman–Crippen LogP) is 3.94. The zero-order valence-electron chi connectivity index (χ0n) is 12.3. The van der Waals surface area contributed by atoms with Gasteiger partial charge in [0.1, 0.15) is 0 Å². The molecule has 0 spiro atoms. The Kier molecular flexibility index (Phi) is 8.87. The lowest BCUT2D eigenvalue weighted by Crippen LogP contribution is -2.34. The first-order valence-electron chi connectivity index (χ1n) is 7.52. The Labute approximate surface area is 113 Å². The summed E-state index contributed by atoms with van der Waals surface area (Å²) < 4.78 is 32.7. The van der Waals surface area contributed by atoms with Gasteiger partial charge in [-0.3, -0.25) is 0 Å². The fourth-order valence-corrected chi connectivity index (χ4v) is 4.00. The second kappa shape index (κ2) is 8.92. The van der Waals surface area contributed by atoms with Crippen molar-refractivity contribution in [3.63, 3.8) is 0 Å². The Morgan fingerprint density at radius 3 is 1.83 bits per heavy atom. The largest absolute Gasteiger partial charge is 0.748 e. The molecule has 0 aromatic heterocycles. The lowest BCUT2D eigenvalue weighted by Gasteiger charge is -2.39. The number of fused-ring (bicyclic) bond motifs is 1. The van der Waals surface area contributed by atoms with Gasteiger partial charge in [0.25, 0.3) is 0 Å². The van der Waals surface area contributed by atoms with Crippen LogP contribution in [-0.2, 0) is 10.1 Å². The summed E-state index contributed by atoms with van der Waals surface area (Å²) in [6.45, 7) is 8.00. The highest BCUT2D eigenvalue weighted by Gasteiger charge is 2.34. The Morgan fingerprint density at radius 1 is 0.833 bits per heavy atom. The molecule has 2 saturated carbocycles. The van der Waals surface area contributed by atoms with Crippen LogP contribution in [0.5, 0.6) is 0 Å². The van der Waals surface area contributed by atoms with E-state index < -0.39 is 15.4 Å². The van der Waals surface area contributed by atoms with Crippen molar-refractivity contribution in [3.05, 3.63) is 0 Å². The van der Waals surface area contributed by atoms with Crippen molar-refractivity contribution < 1.29 is 13.0 Å². The van der Waals surface area contributed by atoms with Crippen molar-refractivity contribution >= 4 is 10.1 Å². The third-order valence-electron chi connectivity index (χ3n) is 3.90. The summed E-state index contributed by atoms with van der Waals surface area (Å²) in [7, 11) is -4.03. The Balaban J connectivity index is 0.000000659. The van der Waals surface area contributed by atoms with Crippen LogP contribution in [0.15, 0.2) is 0 Å². The van der Waals surface area contributed by atoms with Gasteiger partial charge in [-0.25, -0.2) is 8.42 Å². The van der Waals surface area contributed by atoms with Crippen molar-refractivity contribution in [3.8, 4) is 0 Å². The van der Waals surface area contributed by atoms with Crippen molar-refractivity contribution in [1.82, 2.24) is 0 Å². The number of hydrogen-bond acceptors (Lipinski definition) is 3. The molecule has 0 aliphatic heterocycles. The molecule has 3 nitrogen and oxygen atoms in total. The van der Waals surface area contributed by atoms with Crippen LogP contribution < -0.4 is 0 Å². The van der Waals surface area contributed by atoms with Gasteiger partial charge in [-0.1, -0.05) is 53.4 Å². The minimum Gasteiger partial charge on any atom is -0.748 e. The first-order chi connectivity index (χ1) is 8.57. The van der Waals surface area contributed by atoms with Gasteiger partial charge in [-0.2, -0.15) is 0 Å². The lowest BCUT2D eigenvalue weighted by atomic mass is 9.71. The highest BCUT2D eigenvalue weighted by atomic mass is 32.2. The van der Waals surface area contributed by atoms with Crippen LogP contribution in [-0.4, -0.2) is 18.2 Å². The van der Waals surface area contributed by atoms with Gasteiger partial charge in [0.05, 0.1) is 10.1 Å². The van der Waals surface area contributed by atoms with Crippen LogP contribution in [0.2, 0.25) is 0 Å². The molecule has 4 heteroatoms. The molecule has 110 valence electrons. The highest BCUT2D eigenvalue weighted by molar-refractivity contribution is 7.86. The quantitative estimate of drug-likeness (QED) is 0.682. The molecular formula is C14H29O3S-. The number of hydrogen-bond donors (Lipinski definition) is 0. The van der Waals surface area contributed by atoms with E-state index in [-0.39, 0.29) is 0 Å².